The minimum atomic E-state index is -0.0685. The number of nitrogens with zero attached hydrogens (tertiary/aromatic N) is 2. The quantitative estimate of drug-likeness (QED) is 0.517. The van der Waals surface area contributed by atoms with Gasteiger partial charge in [0.05, 0.1) is 0 Å². The van der Waals surface area contributed by atoms with Crippen molar-refractivity contribution in [1.82, 2.24) is 9.38 Å². The molecular formula is C12H10N2O. The minimum absolute atomic E-state index is 0.0685. The molecule has 0 fully saturated rings. The van der Waals surface area contributed by atoms with E-state index in [1.165, 1.54) is 6.92 Å². The second-order valence-corrected chi connectivity index (χ2v) is 3.39. The van der Waals surface area contributed by atoms with Gasteiger partial charge in [-0.05, 0) is 24.5 Å². The molecule has 2 rings (SSSR count). The summed E-state index contributed by atoms with van der Waals surface area (Å²) in [6.45, 7) is 3.43. The van der Waals surface area contributed by atoms with E-state index in [1.807, 2.05) is 19.1 Å². The molecule has 2 heterocycles. The van der Waals surface area contributed by atoms with E-state index in [1.54, 1.807) is 10.6 Å². The van der Waals surface area contributed by atoms with Gasteiger partial charge in [0.25, 0.3) is 0 Å². The van der Waals surface area contributed by atoms with Gasteiger partial charge in [0.15, 0.2) is 5.78 Å². The zero-order valence-electron chi connectivity index (χ0n) is 8.61. The Morgan fingerprint density at radius 2 is 2.33 bits per heavy atom. The van der Waals surface area contributed by atoms with Crippen molar-refractivity contribution >= 4 is 11.4 Å². The number of imidazole rings is 1. The maximum atomic E-state index is 11.5. The predicted molar refractivity (Wildman–Crippen MR) is 57.9 cm³/mol. The summed E-state index contributed by atoms with van der Waals surface area (Å²) < 4.78 is 1.74. The highest BCUT2D eigenvalue weighted by molar-refractivity contribution is 5.95. The number of aromatic nitrogens is 2. The minimum Gasteiger partial charge on any atom is -0.296 e. The number of fused-ring (bicyclic) bond motifs is 1. The van der Waals surface area contributed by atoms with Crippen LogP contribution in [0.4, 0.5) is 0 Å². The van der Waals surface area contributed by atoms with E-state index >= 15 is 0 Å². The van der Waals surface area contributed by atoms with Crippen molar-refractivity contribution in [2.45, 2.75) is 13.8 Å². The number of hydrogen-bond donors (Lipinski definition) is 0. The van der Waals surface area contributed by atoms with Gasteiger partial charge in [-0.25, -0.2) is 4.98 Å². The number of pyridine rings is 1. The molecule has 74 valence electrons. The van der Waals surface area contributed by atoms with E-state index in [-0.39, 0.29) is 5.78 Å². The molecule has 15 heavy (non-hydrogen) atoms. The number of hydrogen-bond acceptors (Lipinski definition) is 2. The van der Waals surface area contributed by atoms with Crippen molar-refractivity contribution in [3.05, 3.63) is 35.3 Å². The molecule has 3 heteroatoms. The van der Waals surface area contributed by atoms with Gasteiger partial charge in [0.2, 0.25) is 0 Å². The number of carbonyl (C=O) groups is 1. The molecule has 0 N–H and O–H groups in total. The Kier molecular flexibility index (Phi) is 2.05. The Bertz CT molecular complexity index is 587. The van der Waals surface area contributed by atoms with Crippen molar-refractivity contribution in [3.8, 4) is 12.3 Å². The summed E-state index contributed by atoms with van der Waals surface area (Å²) in [7, 11) is 0. The standard InChI is InChI=1S/C12H10N2O/c1-4-10-11(9(3)15)14-7-5-6-8(2)12(14)13-10/h1,5-7H,2-3H3. The van der Waals surface area contributed by atoms with E-state index in [4.69, 9.17) is 6.42 Å². The van der Waals surface area contributed by atoms with Crippen LogP contribution in [0.2, 0.25) is 0 Å². The van der Waals surface area contributed by atoms with Crippen LogP contribution in [-0.4, -0.2) is 15.2 Å². The Hall–Kier alpha value is -2.08. The monoisotopic (exact) mass is 198 g/mol. The molecule has 0 saturated heterocycles. The van der Waals surface area contributed by atoms with Crippen molar-refractivity contribution < 1.29 is 4.79 Å². The lowest BCUT2D eigenvalue weighted by Gasteiger charge is -1.98. The summed E-state index contributed by atoms with van der Waals surface area (Å²) in [5.74, 6) is 2.37. The summed E-state index contributed by atoms with van der Waals surface area (Å²) in [6, 6.07) is 3.81. The third-order valence-electron chi connectivity index (χ3n) is 2.32. The summed E-state index contributed by atoms with van der Waals surface area (Å²) in [4.78, 5) is 15.7. The summed E-state index contributed by atoms with van der Waals surface area (Å²) >= 11 is 0. The molecule has 0 saturated carbocycles. The average Bonchev–Trinajstić information content (AvgIpc) is 2.57. The fourth-order valence-corrected chi connectivity index (χ4v) is 1.64. The molecule has 3 nitrogen and oxygen atoms in total. The van der Waals surface area contributed by atoms with Crippen LogP contribution < -0.4 is 0 Å². The van der Waals surface area contributed by atoms with Gasteiger partial charge in [-0.15, -0.1) is 6.42 Å². The van der Waals surface area contributed by atoms with Gasteiger partial charge >= 0.3 is 0 Å². The molecule has 2 aromatic rings. The van der Waals surface area contributed by atoms with Crippen LogP contribution in [0, 0.1) is 19.3 Å². The number of aryl methyl sites for hydroxylation is 1. The van der Waals surface area contributed by atoms with Crippen LogP contribution in [-0.2, 0) is 0 Å². The highest BCUT2D eigenvalue weighted by Gasteiger charge is 2.14. The molecule has 0 aliphatic carbocycles. The maximum absolute atomic E-state index is 11.5. The van der Waals surface area contributed by atoms with Crippen LogP contribution in [0.15, 0.2) is 18.3 Å². The van der Waals surface area contributed by atoms with E-state index in [0.29, 0.717) is 11.4 Å². The normalized spacial score (nSPS) is 10.2. The molecule has 0 bridgehead atoms. The van der Waals surface area contributed by atoms with E-state index < -0.39 is 0 Å². The molecule has 0 radical (unpaired) electrons. The van der Waals surface area contributed by atoms with Gasteiger partial charge in [-0.1, -0.05) is 6.07 Å². The van der Waals surface area contributed by atoms with Crippen molar-refractivity contribution in [1.29, 1.82) is 0 Å². The Morgan fingerprint density at radius 1 is 1.60 bits per heavy atom. The Balaban J connectivity index is 2.94. The molecule has 0 aliphatic rings. The first kappa shape index (κ1) is 9.47. The highest BCUT2D eigenvalue weighted by Crippen LogP contribution is 2.15. The lowest BCUT2D eigenvalue weighted by molar-refractivity contribution is 0.101. The molecule has 2 aromatic heterocycles. The van der Waals surface area contributed by atoms with Gasteiger partial charge in [0, 0.05) is 13.1 Å². The van der Waals surface area contributed by atoms with Gasteiger partial charge in [-0.3, -0.25) is 9.20 Å². The number of Topliss-reactive ketones (excluding diaryl/α,β-unsaturated/α-hetero) is 1. The lowest BCUT2D eigenvalue weighted by Crippen LogP contribution is -2.00. The van der Waals surface area contributed by atoms with Gasteiger partial charge < -0.3 is 0 Å². The number of carbonyl (C=O) groups excluding carboxylic acids is 1. The summed E-state index contributed by atoms with van der Waals surface area (Å²) in [6.07, 6.45) is 7.12. The molecule has 0 amide bonds. The zero-order valence-corrected chi connectivity index (χ0v) is 8.61. The number of rotatable bonds is 1. The highest BCUT2D eigenvalue weighted by atomic mass is 16.1. The number of ketones is 1. The first-order chi connectivity index (χ1) is 7.15. The first-order valence-electron chi connectivity index (χ1n) is 4.60. The fourth-order valence-electron chi connectivity index (χ4n) is 1.64. The molecular weight excluding hydrogens is 188 g/mol. The Labute approximate surface area is 87.8 Å². The first-order valence-corrected chi connectivity index (χ1v) is 4.60. The number of terminal acetylenes is 1. The summed E-state index contributed by atoms with van der Waals surface area (Å²) in [5.41, 5.74) is 2.64. The van der Waals surface area contributed by atoms with E-state index in [9.17, 15) is 4.79 Å². The molecule has 0 unspecified atom stereocenters. The van der Waals surface area contributed by atoms with Crippen molar-refractivity contribution in [2.24, 2.45) is 0 Å². The SMILES string of the molecule is C#Cc1nc2c(C)cccn2c1C(C)=O. The fraction of sp³-hybridized carbons (Fsp3) is 0.167. The maximum Gasteiger partial charge on any atom is 0.179 e. The largest absolute Gasteiger partial charge is 0.296 e. The lowest BCUT2D eigenvalue weighted by atomic mass is 10.2. The summed E-state index contributed by atoms with van der Waals surface area (Å²) in [5, 5.41) is 0. The van der Waals surface area contributed by atoms with E-state index in [0.717, 1.165) is 11.2 Å². The second kappa shape index (κ2) is 3.25. The molecule has 0 atom stereocenters. The van der Waals surface area contributed by atoms with Crippen LogP contribution in [0.25, 0.3) is 5.65 Å². The van der Waals surface area contributed by atoms with Crippen LogP contribution in [0.1, 0.15) is 28.7 Å². The topological polar surface area (TPSA) is 34.4 Å². The Morgan fingerprint density at radius 3 is 2.93 bits per heavy atom. The molecule has 0 spiro atoms. The predicted octanol–water partition coefficient (Wildman–Crippen LogP) is 1.83. The van der Waals surface area contributed by atoms with Gasteiger partial charge in [0.1, 0.15) is 17.0 Å². The van der Waals surface area contributed by atoms with E-state index in [2.05, 4.69) is 10.9 Å². The molecule has 0 aromatic carbocycles. The third-order valence-corrected chi connectivity index (χ3v) is 2.32. The smallest absolute Gasteiger partial charge is 0.179 e. The zero-order chi connectivity index (χ0) is 11.0. The third kappa shape index (κ3) is 1.31. The average molecular weight is 198 g/mol. The van der Waals surface area contributed by atoms with Crippen molar-refractivity contribution in [3.63, 3.8) is 0 Å². The van der Waals surface area contributed by atoms with Crippen LogP contribution >= 0.6 is 0 Å². The van der Waals surface area contributed by atoms with Gasteiger partial charge in [-0.2, -0.15) is 0 Å². The van der Waals surface area contributed by atoms with Crippen LogP contribution in [0.5, 0.6) is 0 Å². The molecule has 0 aliphatic heterocycles. The van der Waals surface area contributed by atoms with Crippen LogP contribution in [0.3, 0.4) is 0 Å². The van der Waals surface area contributed by atoms with Crippen molar-refractivity contribution in [2.75, 3.05) is 0 Å². The second-order valence-electron chi connectivity index (χ2n) is 3.39.